The summed E-state index contributed by atoms with van der Waals surface area (Å²) >= 11 is 0. The van der Waals surface area contributed by atoms with Crippen molar-refractivity contribution < 1.29 is 129 Å². The minimum atomic E-state index is -5.82. The van der Waals surface area contributed by atoms with Gasteiger partial charge in [0.2, 0.25) is 23.4 Å². The van der Waals surface area contributed by atoms with Crippen LogP contribution in [-0.4, -0.2) is 224 Å². The van der Waals surface area contributed by atoms with Gasteiger partial charge < -0.3 is 85.2 Å². The number of ether oxygens (including phenoxy) is 5. The zero-order chi connectivity index (χ0) is 83.7. The van der Waals surface area contributed by atoms with Gasteiger partial charge in [-0.1, -0.05) is 95.7 Å². The van der Waals surface area contributed by atoms with Crippen LogP contribution in [0.25, 0.3) is 0 Å². The van der Waals surface area contributed by atoms with Crippen molar-refractivity contribution in [1.29, 1.82) is 0 Å². The standard InChI is InChI=1S/C74H105N8O27P3S2/c1-7-16-50-39-52-40-53-41-60(76-9-3)48(5)38-58(53)69(57(52)37-47(50)4)55-19-12-13-20-56(55)72(91)81(6)26-14-22-65(86)77-25-28-103-30-32-105-34-33-104-31-29-102-27-23-66(87)78-59(71(90)79-61(43-68(88)89)62(84)42-49(8-2)73(92)93)21-15-35-113-114-36-24-54(83)18-11-10-17-51-45-82(74(94)80-70(51)75)67-44-63(85)64(107-67)46-106-111(98,99)109-112(100,101)108-110(95,96)97/h12-13,19-20,37-39,41,45,49,58-59,61,63-64,67,69,85H,7-9,11,14-16,18,21-36,40,42-44,46H2,1-6H3,(H,77,86)(H,78,87)(H,79,90)(H,88,89)(H,92,93)(H,98,99)(H,100,101)(H2,75,80,94)(H2,95,96,97)/p+1/t49?,58?,59?,61?,63?,64-,67-,69?/m1/s1. The number of amides is 4. The molecule has 3 aromatic rings. The number of carboxylic acid groups (broad SMARTS) is 2. The Labute approximate surface area is 669 Å². The Morgan fingerprint density at radius 2 is 1.50 bits per heavy atom. The number of aryl methyl sites for hydroxylation is 2. The van der Waals surface area contributed by atoms with Gasteiger partial charge in [0.1, 0.15) is 36.5 Å². The van der Waals surface area contributed by atoms with Crippen molar-refractivity contribution in [3.63, 3.8) is 0 Å². The third-order valence-electron chi connectivity index (χ3n) is 18.5. The molecule has 13 N–H and O–H groups in total. The maximum absolute atomic E-state index is 14.3. The average molecular weight is 1700 g/mol. The highest BCUT2D eigenvalue weighted by Crippen LogP contribution is 2.66. The lowest BCUT2D eigenvalue weighted by atomic mass is 9.65. The summed E-state index contributed by atoms with van der Waals surface area (Å²) in [5.74, 6) is -0.421. The molecule has 2 heterocycles. The zero-order valence-corrected chi connectivity index (χ0v) is 69.0. The number of nitrogens with two attached hydrogens (primary N) is 1. The lowest BCUT2D eigenvalue weighted by molar-refractivity contribution is -0.451. The van der Waals surface area contributed by atoms with Crippen LogP contribution in [0.4, 0.5) is 5.82 Å². The number of fused-ring (bicyclic) bond motifs is 2. The quantitative estimate of drug-likeness (QED) is 0.0158. The van der Waals surface area contributed by atoms with E-state index >= 15 is 0 Å². The molecule has 10 atom stereocenters. The molecule has 630 valence electrons. The topological polar surface area (TPSA) is 517 Å². The van der Waals surface area contributed by atoms with Gasteiger partial charge in [0.15, 0.2) is 5.78 Å². The van der Waals surface area contributed by atoms with E-state index < -0.39 is 115 Å². The molecule has 1 saturated heterocycles. The highest BCUT2D eigenvalue weighted by atomic mass is 33.1. The first-order chi connectivity index (χ1) is 54.1. The van der Waals surface area contributed by atoms with Gasteiger partial charge in [-0.2, -0.15) is 13.6 Å². The van der Waals surface area contributed by atoms with Gasteiger partial charge in [0.25, 0.3) is 5.91 Å². The predicted molar refractivity (Wildman–Crippen MR) is 420 cm³/mol. The van der Waals surface area contributed by atoms with Gasteiger partial charge in [-0.15, -0.1) is 0 Å². The molecule has 0 bridgehead atoms. The van der Waals surface area contributed by atoms with E-state index in [9.17, 15) is 82.0 Å². The summed E-state index contributed by atoms with van der Waals surface area (Å²) in [4.78, 5) is 162. The molecule has 114 heavy (non-hydrogen) atoms. The number of aliphatic hydroxyl groups is 1. The van der Waals surface area contributed by atoms with Crippen LogP contribution in [0.1, 0.15) is 167 Å². The number of hydrogen-bond donors (Lipinski definition) is 12. The van der Waals surface area contributed by atoms with E-state index in [0.717, 1.165) is 41.6 Å². The first-order valence-corrected chi connectivity index (χ1v) is 44.5. The molecule has 1 aliphatic heterocycles. The molecule has 6 rings (SSSR count). The summed E-state index contributed by atoms with van der Waals surface area (Å²) in [6.07, 6.45) is 4.05. The number of rotatable bonds is 52. The highest BCUT2D eigenvalue weighted by molar-refractivity contribution is 8.76. The number of benzene rings is 2. The van der Waals surface area contributed by atoms with Gasteiger partial charge in [-0.3, -0.25) is 47.4 Å². The Kier molecular flexibility index (Phi) is 40.2. The second kappa shape index (κ2) is 47.9. The van der Waals surface area contributed by atoms with E-state index in [0.29, 0.717) is 43.0 Å². The molecule has 1 aromatic heterocycles. The molecule has 35 nitrogen and oxygen atoms in total. The number of allylic oxidation sites excluding steroid dienone is 4. The van der Waals surface area contributed by atoms with E-state index in [1.54, 1.807) is 18.9 Å². The monoisotopic (exact) mass is 1700 g/mol. The van der Waals surface area contributed by atoms with Crippen LogP contribution in [0.3, 0.4) is 0 Å². The number of nitrogens with one attached hydrogen (secondary N) is 4. The third kappa shape index (κ3) is 32.4. The van der Waals surface area contributed by atoms with Gasteiger partial charge in [-0.05, 0) is 93.2 Å². The van der Waals surface area contributed by atoms with E-state index in [1.807, 2.05) is 18.2 Å². The van der Waals surface area contributed by atoms with E-state index in [1.165, 1.54) is 61.2 Å². The van der Waals surface area contributed by atoms with Crippen LogP contribution in [0.5, 0.6) is 0 Å². The maximum Gasteiger partial charge on any atom is 0.490 e. The lowest BCUT2D eigenvalue weighted by Gasteiger charge is -2.38. The number of carbonyl (C=O) groups is 8. The SMILES string of the molecule is CCCc1cc2c(cc1C)C(c1ccccc1C(=O)N(C)CCCC(=O)NCCOCCOCCOCCOCCC(=O)NC(CCCSSCCC(=O)CCC#Cc1cn([C@H]3CC(O)[C@@H](COP(=O)(O)OP(=O)(O)OP(=O)(O)O)O3)c(=O)nc1N)C(=O)NC(CC(=O)O)C(=O)CC(CC)C(=O)O)C1C=C(C)C(=[NH+]CC)C=C1C2. The molecular weight excluding hydrogens is 1590 g/mol. The Hall–Kier alpha value is -7.14. The summed E-state index contributed by atoms with van der Waals surface area (Å²) < 4.78 is 75.4. The average Bonchev–Trinajstić information content (AvgIpc) is 0.766. The van der Waals surface area contributed by atoms with Crippen molar-refractivity contribution in [3.05, 3.63) is 115 Å². The molecule has 0 saturated carbocycles. The van der Waals surface area contributed by atoms with Crippen molar-refractivity contribution in [2.75, 3.05) is 103 Å². The normalized spacial score (nSPS) is 18.8. The van der Waals surface area contributed by atoms with Crippen LogP contribution in [0, 0.1) is 30.6 Å². The van der Waals surface area contributed by atoms with E-state index in [2.05, 4.69) is 109 Å². The minimum Gasteiger partial charge on any atom is -0.481 e. The van der Waals surface area contributed by atoms with Crippen molar-refractivity contribution in [2.24, 2.45) is 11.8 Å². The predicted octanol–water partition coefficient (Wildman–Crippen LogP) is 4.70. The number of aromatic nitrogens is 2. The molecule has 40 heteroatoms. The number of aliphatic carboxylic acids is 2. The fourth-order valence-corrected chi connectivity index (χ4v) is 17.9. The van der Waals surface area contributed by atoms with Crippen LogP contribution in [0.2, 0.25) is 0 Å². The summed E-state index contributed by atoms with van der Waals surface area (Å²) in [6, 6.07) is 9.83. The molecule has 2 aliphatic carbocycles. The number of carbonyl (C=O) groups excluding carboxylic acids is 6. The molecular formula is C74H106N8O27P3S2+. The first-order valence-electron chi connectivity index (χ1n) is 37.5. The Bertz CT molecular complexity index is 4200. The minimum absolute atomic E-state index is 0.0246. The fourth-order valence-electron chi connectivity index (χ4n) is 12.7. The molecule has 8 unspecified atom stereocenters. The lowest BCUT2D eigenvalue weighted by Crippen LogP contribution is -2.72. The van der Waals surface area contributed by atoms with Crippen molar-refractivity contribution in [3.8, 4) is 11.8 Å². The number of hydrogen-bond acceptors (Lipinski definition) is 25. The number of phosphoric ester groups is 1. The molecule has 4 amide bonds. The van der Waals surface area contributed by atoms with E-state index in [4.69, 9.17) is 39.2 Å². The maximum atomic E-state index is 14.3. The zero-order valence-electron chi connectivity index (χ0n) is 64.7. The summed E-state index contributed by atoms with van der Waals surface area (Å²) in [7, 11) is -12.5. The van der Waals surface area contributed by atoms with E-state index in [-0.39, 0.29) is 145 Å². The molecule has 1 fully saturated rings. The number of nitrogens with zero attached hydrogens (tertiary/aromatic N) is 3. The summed E-state index contributed by atoms with van der Waals surface area (Å²) in [6.45, 7) is 12.2. The number of phosphoric acid groups is 3. The fraction of sp³-hybridized carbons (Fsp3) is 0.581. The smallest absolute Gasteiger partial charge is 0.481 e. The van der Waals surface area contributed by atoms with Crippen LogP contribution in [0.15, 0.2) is 70.7 Å². The molecule has 2 aromatic carbocycles. The summed E-state index contributed by atoms with van der Waals surface area (Å²) in [5.41, 5.74) is 15.5. The third-order valence-corrected chi connectivity index (χ3v) is 24.8. The number of aliphatic hydroxyl groups excluding tert-OH is 1. The van der Waals surface area contributed by atoms with Crippen LogP contribution < -0.4 is 32.4 Å². The highest BCUT2D eigenvalue weighted by Gasteiger charge is 2.44. The first kappa shape index (κ1) is 95.7. The number of Topliss-reactive ketones (excluding diaryl/α,β-unsaturated/α-hetero) is 2. The molecule has 3 aliphatic rings. The number of ketones is 2. The molecule has 0 radical (unpaired) electrons. The number of anilines is 1. The van der Waals surface area contributed by atoms with Crippen molar-refractivity contribution in [1.82, 2.24) is 30.4 Å². The number of nitrogen functional groups attached to an aromatic ring is 1. The van der Waals surface area contributed by atoms with Crippen LogP contribution in [-0.2, 0) is 96.9 Å². The van der Waals surface area contributed by atoms with Crippen molar-refractivity contribution >= 4 is 104 Å². The van der Waals surface area contributed by atoms with Gasteiger partial charge in [-0.25, -0.2) is 23.5 Å². The Morgan fingerprint density at radius 3 is 2.17 bits per heavy atom. The largest absolute Gasteiger partial charge is 0.490 e. The Balaban J connectivity index is 0.845. The van der Waals surface area contributed by atoms with Gasteiger partial charge in [0.05, 0.1) is 89.5 Å². The van der Waals surface area contributed by atoms with Crippen LogP contribution >= 0.6 is 45.1 Å². The number of carboxylic acids is 2. The van der Waals surface area contributed by atoms with Gasteiger partial charge in [0, 0.05) is 112 Å². The second-order valence-electron chi connectivity index (χ2n) is 27.2. The molecule has 0 spiro atoms. The van der Waals surface area contributed by atoms with Gasteiger partial charge >= 0.3 is 41.1 Å². The summed E-state index contributed by atoms with van der Waals surface area (Å²) in [5, 5.41) is 37.6. The Morgan fingerprint density at radius 1 is 0.816 bits per heavy atom. The van der Waals surface area contributed by atoms with Crippen molar-refractivity contribution in [2.45, 2.75) is 167 Å². The second-order valence-corrected chi connectivity index (χ2v) is 34.3.